The summed E-state index contributed by atoms with van der Waals surface area (Å²) >= 11 is 0. The van der Waals surface area contributed by atoms with Crippen LogP contribution in [0, 0.1) is 11.7 Å². The van der Waals surface area contributed by atoms with Gasteiger partial charge in [0, 0.05) is 18.0 Å². The van der Waals surface area contributed by atoms with E-state index in [4.69, 9.17) is 0 Å². The molecule has 150 valence electrons. The minimum Gasteiger partial charge on any atom is -0.342 e. The molecule has 0 atom stereocenters. The fraction of sp³-hybridized carbons (Fsp3) is 0.300. The SMILES string of the molecule is Cl.Cl.O=C(Nc1ccc2nc(Cc3ccccc3F)[nH]c2c1)C1CCNCC1. The van der Waals surface area contributed by atoms with Gasteiger partial charge >= 0.3 is 0 Å². The van der Waals surface area contributed by atoms with Crippen molar-refractivity contribution in [2.24, 2.45) is 5.92 Å². The maximum atomic E-state index is 13.8. The summed E-state index contributed by atoms with van der Waals surface area (Å²) in [6, 6.07) is 12.3. The standard InChI is InChI=1S/C20H21FN4O.2ClH/c21-16-4-2-1-3-14(16)11-19-24-17-6-5-15(12-18(17)25-19)23-20(26)13-7-9-22-10-8-13;;/h1-6,12-13,22H,7-11H2,(H,23,26)(H,24,25);2*1H. The lowest BCUT2D eigenvalue weighted by Gasteiger charge is -2.21. The topological polar surface area (TPSA) is 69.8 Å². The molecule has 8 heteroatoms. The number of halogens is 3. The van der Waals surface area contributed by atoms with Gasteiger partial charge in [-0.2, -0.15) is 0 Å². The second kappa shape index (κ2) is 9.87. The number of piperidine rings is 1. The molecule has 0 saturated carbocycles. The first kappa shape index (κ1) is 22.1. The zero-order valence-electron chi connectivity index (χ0n) is 15.2. The number of aromatic nitrogens is 2. The van der Waals surface area contributed by atoms with E-state index in [-0.39, 0.29) is 42.5 Å². The van der Waals surface area contributed by atoms with Gasteiger partial charge in [0.1, 0.15) is 11.6 Å². The van der Waals surface area contributed by atoms with Gasteiger partial charge in [-0.3, -0.25) is 4.79 Å². The van der Waals surface area contributed by atoms with Gasteiger partial charge in [0.05, 0.1) is 11.0 Å². The van der Waals surface area contributed by atoms with Crippen molar-refractivity contribution in [3.63, 3.8) is 0 Å². The molecule has 5 nitrogen and oxygen atoms in total. The number of anilines is 1. The third-order valence-electron chi connectivity index (χ3n) is 4.82. The Balaban J connectivity index is 0.00000140. The highest BCUT2D eigenvalue weighted by atomic mass is 35.5. The van der Waals surface area contributed by atoms with E-state index >= 15 is 0 Å². The van der Waals surface area contributed by atoms with E-state index in [9.17, 15) is 9.18 Å². The van der Waals surface area contributed by atoms with Gasteiger partial charge in [0.25, 0.3) is 0 Å². The smallest absolute Gasteiger partial charge is 0.227 e. The maximum absolute atomic E-state index is 13.8. The first-order chi connectivity index (χ1) is 12.7. The number of carbonyl (C=O) groups is 1. The Labute approximate surface area is 175 Å². The van der Waals surface area contributed by atoms with Crippen LogP contribution in [-0.2, 0) is 11.2 Å². The molecular formula is C20H23Cl2FN4O. The number of rotatable bonds is 4. The molecule has 0 spiro atoms. The highest BCUT2D eigenvalue weighted by Crippen LogP contribution is 2.21. The average Bonchev–Trinajstić information content (AvgIpc) is 3.06. The lowest BCUT2D eigenvalue weighted by atomic mass is 9.97. The third-order valence-corrected chi connectivity index (χ3v) is 4.82. The first-order valence-corrected chi connectivity index (χ1v) is 8.93. The summed E-state index contributed by atoms with van der Waals surface area (Å²) in [7, 11) is 0. The fourth-order valence-corrected chi connectivity index (χ4v) is 3.37. The van der Waals surface area contributed by atoms with Gasteiger partial charge in [-0.15, -0.1) is 24.8 Å². The van der Waals surface area contributed by atoms with Crippen molar-refractivity contribution in [1.29, 1.82) is 0 Å². The Morgan fingerprint density at radius 3 is 2.64 bits per heavy atom. The molecular weight excluding hydrogens is 402 g/mol. The maximum Gasteiger partial charge on any atom is 0.227 e. The number of nitrogens with one attached hydrogen (secondary N) is 3. The van der Waals surface area contributed by atoms with Gasteiger partial charge < -0.3 is 15.6 Å². The molecule has 0 aliphatic carbocycles. The number of carbonyl (C=O) groups excluding carboxylic acids is 1. The van der Waals surface area contributed by atoms with Gasteiger partial charge in [-0.1, -0.05) is 18.2 Å². The van der Waals surface area contributed by atoms with Crippen LogP contribution >= 0.6 is 24.8 Å². The largest absolute Gasteiger partial charge is 0.342 e. The average molecular weight is 425 g/mol. The van der Waals surface area contributed by atoms with Crippen LogP contribution in [0.15, 0.2) is 42.5 Å². The summed E-state index contributed by atoms with van der Waals surface area (Å²) in [5, 5.41) is 6.26. The van der Waals surface area contributed by atoms with Crippen molar-refractivity contribution < 1.29 is 9.18 Å². The molecule has 28 heavy (non-hydrogen) atoms. The van der Waals surface area contributed by atoms with E-state index < -0.39 is 0 Å². The summed E-state index contributed by atoms with van der Waals surface area (Å²) < 4.78 is 13.8. The Morgan fingerprint density at radius 2 is 1.89 bits per heavy atom. The van der Waals surface area contributed by atoms with Crippen LogP contribution < -0.4 is 10.6 Å². The summed E-state index contributed by atoms with van der Waals surface area (Å²) in [6.07, 6.45) is 2.13. The molecule has 1 fully saturated rings. The van der Waals surface area contributed by atoms with Crippen molar-refractivity contribution in [1.82, 2.24) is 15.3 Å². The molecule has 1 saturated heterocycles. The molecule has 1 aliphatic rings. The Hall–Kier alpha value is -2.15. The van der Waals surface area contributed by atoms with Crippen LogP contribution in [0.4, 0.5) is 10.1 Å². The third kappa shape index (κ3) is 5.01. The predicted octanol–water partition coefficient (Wildman–Crippen LogP) is 4.07. The van der Waals surface area contributed by atoms with E-state index in [0.29, 0.717) is 17.8 Å². The van der Waals surface area contributed by atoms with E-state index in [2.05, 4.69) is 20.6 Å². The van der Waals surface area contributed by atoms with Crippen molar-refractivity contribution in [3.8, 4) is 0 Å². The minimum atomic E-state index is -0.233. The van der Waals surface area contributed by atoms with Gasteiger partial charge in [0.2, 0.25) is 5.91 Å². The second-order valence-electron chi connectivity index (χ2n) is 6.70. The van der Waals surface area contributed by atoms with Crippen LogP contribution in [0.5, 0.6) is 0 Å². The molecule has 3 N–H and O–H groups in total. The minimum absolute atomic E-state index is 0. The first-order valence-electron chi connectivity index (χ1n) is 8.93. The molecule has 0 unspecified atom stereocenters. The lowest BCUT2D eigenvalue weighted by molar-refractivity contribution is -0.120. The molecule has 1 amide bonds. The van der Waals surface area contributed by atoms with Crippen molar-refractivity contribution in [2.75, 3.05) is 18.4 Å². The summed E-state index contributed by atoms with van der Waals surface area (Å²) in [4.78, 5) is 20.1. The molecule has 3 aromatic rings. The van der Waals surface area contributed by atoms with Crippen molar-refractivity contribution in [2.45, 2.75) is 19.3 Å². The second-order valence-corrected chi connectivity index (χ2v) is 6.70. The molecule has 0 radical (unpaired) electrons. The number of fused-ring (bicyclic) bond motifs is 1. The van der Waals surface area contributed by atoms with E-state index in [1.54, 1.807) is 12.1 Å². The van der Waals surface area contributed by atoms with Crippen molar-refractivity contribution in [3.05, 3.63) is 59.7 Å². The number of amides is 1. The van der Waals surface area contributed by atoms with E-state index in [1.807, 2.05) is 24.3 Å². The van der Waals surface area contributed by atoms with Gasteiger partial charge in [-0.05, 0) is 55.8 Å². The highest BCUT2D eigenvalue weighted by molar-refractivity contribution is 5.94. The molecule has 1 aromatic heterocycles. The number of hydrogen-bond acceptors (Lipinski definition) is 3. The molecule has 2 aromatic carbocycles. The molecule has 4 rings (SSSR count). The normalized spacial score (nSPS) is 14.2. The lowest BCUT2D eigenvalue weighted by Crippen LogP contribution is -2.34. The Morgan fingerprint density at radius 1 is 1.14 bits per heavy atom. The monoisotopic (exact) mass is 424 g/mol. The summed E-state index contributed by atoms with van der Waals surface area (Å²) in [5.74, 6) is 0.595. The fourth-order valence-electron chi connectivity index (χ4n) is 3.37. The van der Waals surface area contributed by atoms with Crippen LogP contribution in [0.3, 0.4) is 0 Å². The summed E-state index contributed by atoms with van der Waals surface area (Å²) in [5.41, 5.74) is 2.99. The predicted molar refractivity (Wildman–Crippen MR) is 114 cm³/mol. The number of aromatic amines is 1. The number of hydrogen-bond donors (Lipinski definition) is 3. The highest BCUT2D eigenvalue weighted by Gasteiger charge is 2.21. The zero-order chi connectivity index (χ0) is 17.9. The molecule has 2 heterocycles. The van der Waals surface area contributed by atoms with E-state index in [1.165, 1.54) is 6.07 Å². The zero-order valence-corrected chi connectivity index (χ0v) is 16.8. The quantitative estimate of drug-likeness (QED) is 0.590. The Kier molecular flexibility index (Phi) is 7.80. The van der Waals surface area contributed by atoms with Crippen LogP contribution in [0.1, 0.15) is 24.2 Å². The number of H-pyrrole nitrogens is 1. The van der Waals surface area contributed by atoms with Gasteiger partial charge in [0.15, 0.2) is 0 Å². The molecule has 1 aliphatic heterocycles. The van der Waals surface area contributed by atoms with Crippen LogP contribution in [-0.4, -0.2) is 29.0 Å². The van der Waals surface area contributed by atoms with Gasteiger partial charge in [-0.25, -0.2) is 9.37 Å². The number of benzene rings is 2. The Bertz CT molecular complexity index is 941. The number of nitrogens with zero attached hydrogens (tertiary/aromatic N) is 1. The van der Waals surface area contributed by atoms with E-state index in [0.717, 1.165) is 42.7 Å². The van der Waals surface area contributed by atoms with Crippen LogP contribution in [0.2, 0.25) is 0 Å². The summed E-state index contributed by atoms with van der Waals surface area (Å²) in [6.45, 7) is 1.77. The van der Waals surface area contributed by atoms with Crippen molar-refractivity contribution >= 4 is 47.4 Å². The molecule has 0 bridgehead atoms. The number of imidazole rings is 1. The van der Waals surface area contributed by atoms with Crippen LogP contribution in [0.25, 0.3) is 11.0 Å².